The van der Waals surface area contributed by atoms with Crippen LogP contribution in [-0.2, 0) is 4.79 Å². The maximum absolute atomic E-state index is 13.3. The second kappa shape index (κ2) is 8.90. The highest BCUT2D eigenvalue weighted by Crippen LogP contribution is 2.17. The smallest absolute Gasteiger partial charge is 0.252 e. The van der Waals surface area contributed by atoms with Crippen LogP contribution >= 0.6 is 15.9 Å². The van der Waals surface area contributed by atoms with Crippen molar-refractivity contribution in [2.45, 2.75) is 6.42 Å². The largest absolute Gasteiger partial charge is 0.351 e. The van der Waals surface area contributed by atoms with Gasteiger partial charge in [-0.3, -0.25) is 9.59 Å². The van der Waals surface area contributed by atoms with Gasteiger partial charge in [-0.15, -0.1) is 0 Å². The molecule has 1 fully saturated rings. The van der Waals surface area contributed by atoms with E-state index in [-0.39, 0.29) is 24.4 Å². The quantitative estimate of drug-likeness (QED) is 0.774. The summed E-state index contributed by atoms with van der Waals surface area (Å²) in [6.45, 7) is 2.69. The fourth-order valence-corrected chi connectivity index (χ4v) is 3.24. The van der Waals surface area contributed by atoms with E-state index < -0.39 is 11.7 Å². The van der Waals surface area contributed by atoms with Crippen molar-refractivity contribution in [2.24, 2.45) is 0 Å². The Morgan fingerprint density at radius 1 is 1.15 bits per heavy atom. The SMILES string of the molecule is O=C(NCCC(=O)N1CCN(c2ncccn2)CC1)c1cc(F)ccc1Br. The molecule has 0 saturated carbocycles. The van der Waals surface area contributed by atoms with Crippen LogP contribution in [0, 0.1) is 5.82 Å². The molecule has 1 aromatic heterocycles. The normalized spacial score (nSPS) is 14.1. The van der Waals surface area contributed by atoms with Crippen molar-refractivity contribution in [2.75, 3.05) is 37.6 Å². The minimum absolute atomic E-state index is 0.0257. The lowest BCUT2D eigenvalue weighted by molar-refractivity contribution is -0.131. The minimum atomic E-state index is -0.486. The Labute approximate surface area is 164 Å². The molecule has 0 bridgehead atoms. The molecule has 9 heteroatoms. The van der Waals surface area contributed by atoms with E-state index in [0.29, 0.717) is 36.6 Å². The van der Waals surface area contributed by atoms with E-state index in [2.05, 4.69) is 31.2 Å². The molecule has 0 aliphatic carbocycles. The van der Waals surface area contributed by atoms with Crippen LogP contribution < -0.4 is 10.2 Å². The van der Waals surface area contributed by atoms with Crippen LogP contribution in [0.3, 0.4) is 0 Å². The fraction of sp³-hybridized carbons (Fsp3) is 0.333. The molecular formula is C18H19BrFN5O2. The van der Waals surface area contributed by atoms with Crippen molar-refractivity contribution < 1.29 is 14.0 Å². The number of nitrogens with zero attached hydrogens (tertiary/aromatic N) is 4. The second-order valence-corrected chi connectivity index (χ2v) is 6.90. The first kappa shape index (κ1) is 19.2. The number of piperazine rings is 1. The Bertz CT molecular complexity index is 813. The summed E-state index contributed by atoms with van der Waals surface area (Å²) in [4.78, 5) is 36.7. The predicted octanol–water partition coefficient (Wildman–Crippen LogP) is 1.85. The van der Waals surface area contributed by atoms with Crippen LogP contribution in [0.25, 0.3) is 0 Å². The van der Waals surface area contributed by atoms with Gasteiger partial charge in [0.15, 0.2) is 0 Å². The molecule has 1 aromatic carbocycles. The molecule has 1 N–H and O–H groups in total. The van der Waals surface area contributed by atoms with Crippen LogP contribution in [0.2, 0.25) is 0 Å². The van der Waals surface area contributed by atoms with Crippen molar-refractivity contribution in [3.63, 3.8) is 0 Å². The van der Waals surface area contributed by atoms with Crippen molar-refractivity contribution in [3.05, 3.63) is 52.5 Å². The average molecular weight is 436 g/mol. The fourth-order valence-electron chi connectivity index (χ4n) is 2.82. The van der Waals surface area contributed by atoms with Crippen LogP contribution in [0.5, 0.6) is 0 Å². The van der Waals surface area contributed by atoms with Gasteiger partial charge in [-0.2, -0.15) is 0 Å². The highest BCUT2D eigenvalue weighted by molar-refractivity contribution is 9.10. The summed E-state index contributed by atoms with van der Waals surface area (Å²) >= 11 is 3.22. The zero-order valence-electron chi connectivity index (χ0n) is 14.6. The summed E-state index contributed by atoms with van der Waals surface area (Å²) in [5.41, 5.74) is 0.207. The number of amides is 2. The Morgan fingerprint density at radius 2 is 1.85 bits per heavy atom. The van der Waals surface area contributed by atoms with Crippen LogP contribution in [0.1, 0.15) is 16.8 Å². The lowest BCUT2D eigenvalue weighted by Crippen LogP contribution is -2.49. The highest BCUT2D eigenvalue weighted by atomic mass is 79.9. The average Bonchev–Trinajstić information content (AvgIpc) is 2.70. The third kappa shape index (κ3) is 5.00. The van der Waals surface area contributed by atoms with Gasteiger partial charge in [-0.1, -0.05) is 0 Å². The number of hydrogen-bond acceptors (Lipinski definition) is 5. The molecule has 3 rings (SSSR count). The number of rotatable bonds is 5. The molecule has 1 saturated heterocycles. The zero-order valence-corrected chi connectivity index (χ0v) is 16.2. The van der Waals surface area contributed by atoms with Gasteiger partial charge in [-0.25, -0.2) is 14.4 Å². The number of benzene rings is 1. The monoisotopic (exact) mass is 435 g/mol. The highest BCUT2D eigenvalue weighted by Gasteiger charge is 2.22. The third-order valence-electron chi connectivity index (χ3n) is 4.26. The number of hydrogen-bond donors (Lipinski definition) is 1. The number of halogens is 2. The summed E-state index contributed by atoms with van der Waals surface area (Å²) in [5.74, 6) is -0.264. The van der Waals surface area contributed by atoms with Crippen LogP contribution in [0.4, 0.5) is 10.3 Å². The third-order valence-corrected chi connectivity index (χ3v) is 4.96. The topological polar surface area (TPSA) is 78.4 Å². The Morgan fingerprint density at radius 3 is 2.56 bits per heavy atom. The zero-order chi connectivity index (χ0) is 19.2. The lowest BCUT2D eigenvalue weighted by atomic mass is 10.2. The molecule has 142 valence electrons. The van der Waals surface area contributed by atoms with Gasteiger partial charge >= 0.3 is 0 Å². The van der Waals surface area contributed by atoms with Gasteiger partial charge in [0.05, 0.1) is 5.56 Å². The predicted molar refractivity (Wildman–Crippen MR) is 102 cm³/mol. The molecule has 1 aliphatic rings. The standard InChI is InChI=1S/C18H19BrFN5O2/c19-15-3-2-13(20)12-14(15)17(27)21-7-4-16(26)24-8-10-25(11-9-24)18-22-5-1-6-23-18/h1-3,5-6,12H,4,7-11H2,(H,21,27). The molecule has 2 heterocycles. The summed E-state index contributed by atoms with van der Waals surface area (Å²) in [5, 5.41) is 2.66. The van der Waals surface area contributed by atoms with Gasteiger partial charge in [0, 0.05) is 56.0 Å². The molecule has 27 heavy (non-hydrogen) atoms. The summed E-state index contributed by atoms with van der Waals surface area (Å²) in [7, 11) is 0. The number of carbonyl (C=O) groups is 2. The second-order valence-electron chi connectivity index (χ2n) is 6.05. The molecule has 0 radical (unpaired) electrons. The van der Waals surface area contributed by atoms with Gasteiger partial charge < -0.3 is 15.1 Å². The maximum Gasteiger partial charge on any atom is 0.252 e. The van der Waals surface area contributed by atoms with Crippen molar-refractivity contribution in [3.8, 4) is 0 Å². The van der Waals surface area contributed by atoms with E-state index in [9.17, 15) is 14.0 Å². The molecule has 1 aliphatic heterocycles. The van der Waals surface area contributed by atoms with Crippen LogP contribution in [0.15, 0.2) is 41.1 Å². The van der Waals surface area contributed by atoms with Gasteiger partial charge in [-0.05, 0) is 40.2 Å². The molecule has 2 aromatic rings. The van der Waals surface area contributed by atoms with Crippen molar-refractivity contribution >= 4 is 33.7 Å². The van der Waals surface area contributed by atoms with Gasteiger partial charge in [0.25, 0.3) is 5.91 Å². The van der Waals surface area contributed by atoms with Crippen LogP contribution in [-0.4, -0.2) is 59.4 Å². The molecular weight excluding hydrogens is 417 g/mol. The first-order valence-electron chi connectivity index (χ1n) is 8.57. The van der Waals surface area contributed by atoms with Crippen molar-refractivity contribution in [1.29, 1.82) is 0 Å². The van der Waals surface area contributed by atoms with E-state index in [0.717, 1.165) is 6.07 Å². The summed E-state index contributed by atoms with van der Waals surface area (Å²) < 4.78 is 13.8. The first-order valence-corrected chi connectivity index (χ1v) is 9.37. The summed E-state index contributed by atoms with van der Waals surface area (Å²) in [6, 6.07) is 5.67. The summed E-state index contributed by atoms with van der Waals surface area (Å²) in [6.07, 6.45) is 3.58. The van der Waals surface area contributed by atoms with Gasteiger partial charge in [0.2, 0.25) is 11.9 Å². The van der Waals surface area contributed by atoms with E-state index in [1.165, 1.54) is 12.1 Å². The first-order chi connectivity index (χ1) is 13.0. The number of aromatic nitrogens is 2. The Balaban J connectivity index is 1.44. The minimum Gasteiger partial charge on any atom is -0.351 e. The van der Waals surface area contributed by atoms with E-state index in [4.69, 9.17) is 0 Å². The maximum atomic E-state index is 13.3. The molecule has 0 unspecified atom stereocenters. The Hall–Kier alpha value is -2.55. The molecule has 0 spiro atoms. The Kier molecular flexibility index (Phi) is 6.33. The number of nitrogens with one attached hydrogen (secondary N) is 1. The van der Waals surface area contributed by atoms with Crippen molar-refractivity contribution in [1.82, 2.24) is 20.2 Å². The van der Waals surface area contributed by atoms with E-state index in [1.54, 1.807) is 23.4 Å². The molecule has 7 nitrogen and oxygen atoms in total. The lowest BCUT2D eigenvalue weighted by Gasteiger charge is -2.34. The number of anilines is 1. The van der Waals surface area contributed by atoms with E-state index >= 15 is 0 Å². The molecule has 0 atom stereocenters. The van der Waals surface area contributed by atoms with E-state index in [1.807, 2.05) is 4.90 Å². The number of carbonyl (C=O) groups excluding carboxylic acids is 2. The van der Waals surface area contributed by atoms with Gasteiger partial charge in [0.1, 0.15) is 5.82 Å². The molecule has 2 amide bonds.